The second-order valence-electron chi connectivity index (χ2n) is 6.24. The lowest BCUT2D eigenvalue weighted by Gasteiger charge is -2.32. The first-order valence-corrected chi connectivity index (χ1v) is 10.1. The molecule has 0 aromatic heterocycles. The van der Waals surface area contributed by atoms with Crippen LogP contribution in [0.1, 0.15) is 31.7 Å². The average molecular weight is 340 g/mol. The van der Waals surface area contributed by atoms with E-state index in [4.69, 9.17) is 4.74 Å². The number of benzene rings is 1. The van der Waals surface area contributed by atoms with Crippen LogP contribution >= 0.6 is 0 Å². The highest BCUT2D eigenvalue weighted by Gasteiger charge is 2.23. The van der Waals surface area contributed by atoms with Crippen molar-refractivity contribution < 1.29 is 13.2 Å². The Kier molecular flexibility index (Phi) is 6.87. The monoisotopic (exact) mass is 340 g/mol. The Bertz CT molecular complexity index is 570. The van der Waals surface area contributed by atoms with Crippen molar-refractivity contribution in [3.05, 3.63) is 29.8 Å². The summed E-state index contributed by atoms with van der Waals surface area (Å²) < 4.78 is 32.7. The maximum Gasteiger partial charge on any atom is 0.215 e. The minimum atomic E-state index is -3.30. The second kappa shape index (κ2) is 8.66. The molecule has 23 heavy (non-hydrogen) atoms. The summed E-state index contributed by atoms with van der Waals surface area (Å²) in [7, 11) is -3.30. The molecule has 0 aliphatic carbocycles. The largest absolute Gasteiger partial charge is 0.492 e. The number of aryl methyl sites for hydroxylation is 1. The molecular weight excluding hydrogens is 312 g/mol. The van der Waals surface area contributed by atoms with Crippen LogP contribution in [-0.2, 0) is 10.0 Å². The summed E-state index contributed by atoms with van der Waals surface area (Å²) in [5.41, 5.74) is 1.15. The van der Waals surface area contributed by atoms with E-state index >= 15 is 0 Å². The standard InChI is InChI=1S/C17H28N2O3S/c1-3-10-19-11-4-5-16(14-19)18-23(20,21)13-12-22-17-8-6-15(2)7-9-17/h6-9,16,18H,3-5,10-14H2,1-2H3. The Morgan fingerprint density at radius 3 is 2.74 bits per heavy atom. The first kappa shape index (κ1) is 18.2. The molecule has 1 unspecified atom stereocenters. The molecule has 0 saturated carbocycles. The molecule has 0 spiro atoms. The maximum absolute atomic E-state index is 12.2. The number of nitrogens with zero attached hydrogens (tertiary/aromatic N) is 1. The number of hydrogen-bond donors (Lipinski definition) is 1. The van der Waals surface area contributed by atoms with Crippen molar-refractivity contribution in [1.29, 1.82) is 0 Å². The maximum atomic E-state index is 12.2. The summed E-state index contributed by atoms with van der Waals surface area (Å²) >= 11 is 0. The Balaban J connectivity index is 1.76. The molecule has 130 valence electrons. The first-order valence-electron chi connectivity index (χ1n) is 8.40. The van der Waals surface area contributed by atoms with Crippen molar-refractivity contribution in [3.8, 4) is 5.75 Å². The highest BCUT2D eigenvalue weighted by molar-refractivity contribution is 7.89. The van der Waals surface area contributed by atoms with E-state index in [1.54, 1.807) is 0 Å². The number of hydrogen-bond acceptors (Lipinski definition) is 4. The lowest BCUT2D eigenvalue weighted by atomic mass is 10.1. The normalized spacial score (nSPS) is 19.7. The zero-order chi connectivity index (χ0) is 16.7. The molecule has 0 radical (unpaired) electrons. The van der Waals surface area contributed by atoms with Crippen molar-refractivity contribution in [3.63, 3.8) is 0 Å². The predicted molar refractivity (Wildman–Crippen MR) is 93.3 cm³/mol. The summed E-state index contributed by atoms with van der Waals surface area (Å²) in [6, 6.07) is 7.65. The summed E-state index contributed by atoms with van der Waals surface area (Å²) in [6.45, 7) is 7.24. The van der Waals surface area contributed by atoms with E-state index in [1.807, 2.05) is 31.2 Å². The van der Waals surface area contributed by atoms with Gasteiger partial charge in [-0.3, -0.25) is 0 Å². The van der Waals surface area contributed by atoms with Crippen LogP contribution in [0, 0.1) is 6.92 Å². The number of piperidine rings is 1. The third kappa shape index (κ3) is 6.49. The number of ether oxygens (including phenoxy) is 1. The fourth-order valence-electron chi connectivity index (χ4n) is 2.89. The molecule has 1 N–H and O–H groups in total. The van der Waals surface area contributed by atoms with Crippen LogP contribution in [0.15, 0.2) is 24.3 Å². The fraction of sp³-hybridized carbons (Fsp3) is 0.647. The van der Waals surface area contributed by atoms with Gasteiger partial charge in [0.05, 0.1) is 5.75 Å². The van der Waals surface area contributed by atoms with Gasteiger partial charge in [0.25, 0.3) is 0 Å². The van der Waals surface area contributed by atoms with Gasteiger partial charge in [-0.25, -0.2) is 13.1 Å². The van der Waals surface area contributed by atoms with Crippen LogP contribution in [0.25, 0.3) is 0 Å². The Labute approximate surface area is 140 Å². The van der Waals surface area contributed by atoms with E-state index < -0.39 is 10.0 Å². The van der Waals surface area contributed by atoms with Gasteiger partial charge in [-0.15, -0.1) is 0 Å². The second-order valence-corrected chi connectivity index (χ2v) is 8.11. The molecule has 0 amide bonds. The Morgan fingerprint density at radius 1 is 1.30 bits per heavy atom. The van der Waals surface area contributed by atoms with Gasteiger partial charge in [-0.05, 0) is 51.4 Å². The van der Waals surface area contributed by atoms with Crippen LogP contribution in [0.4, 0.5) is 0 Å². The Morgan fingerprint density at radius 2 is 2.04 bits per heavy atom. The summed E-state index contributed by atoms with van der Waals surface area (Å²) in [6.07, 6.45) is 3.06. The van der Waals surface area contributed by atoms with Crippen molar-refractivity contribution in [2.75, 3.05) is 32.0 Å². The molecule has 5 nitrogen and oxygen atoms in total. The van der Waals surface area contributed by atoms with Gasteiger partial charge in [-0.2, -0.15) is 0 Å². The SMILES string of the molecule is CCCN1CCCC(NS(=O)(=O)CCOc2ccc(C)cc2)C1. The number of likely N-dealkylation sites (tertiary alicyclic amines) is 1. The van der Waals surface area contributed by atoms with E-state index in [9.17, 15) is 8.42 Å². The summed E-state index contributed by atoms with van der Waals surface area (Å²) in [5, 5.41) is 0. The number of sulfonamides is 1. The first-order chi connectivity index (χ1) is 11.0. The van der Waals surface area contributed by atoms with E-state index in [1.165, 1.54) is 0 Å². The molecule has 1 saturated heterocycles. The molecule has 1 atom stereocenters. The lowest BCUT2D eigenvalue weighted by molar-refractivity contribution is 0.202. The molecule has 6 heteroatoms. The lowest BCUT2D eigenvalue weighted by Crippen LogP contribution is -2.48. The van der Waals surface area contributed by atoms with Crippen molar-refractivity contribution in [2.24, 2.45) is 0 Å². The molecule has 2 rings (SSSR count). The van der Waals surface area contributed by atoms with E-state index in [0.29, 0.717) is 5.75 Å². The minimum absolute atomic E-state index is 0.00878. The minimum Gasteiger partial charge on any atom is -0.492 e. The fourth-order valence-corrected chi connectivity index (χ4v) is 4.01. The van der Waals surface area contributed by atoms with Gasteiger partial charge in [0.1, 0.15) is 12.4 Å². The van der Waals surface area contributed by atoms with Gasteiger partial charge >= 0.3 is 0 Å². The third-order valence-electron chi connectivity index (χ3n) is 4.03. The van der Waals surface area contributed by atoms with Gasteiger partial charge in [-0.1, -0.05) is 24.6 Å². The van der Waals surface area contributed by atoms with E-state index in [2.05, 4.69) is 16.5 Å². The van der Waals surface area contributed by atoms with Crippen LogP contribution < -0.4 is 9.46 Å². The van der Waals surface area contributed by atoms with Gasteiger partial charge in [0.15, 0.2) is 0 Å². The quantitative estimate of drug-likeness (QED) is 0.788. The van der Waals surface area contributed by atoms with Crippen molar-refractivity contribution in [1.82, 2.24) is 9.62 Å². The Hall–Kier alpha value is -1.11. The van der Waals surface area contributed by atoms with Crippen LogP contribution in [0.2, 0.25) is 0 Å². The highest BCUT2D eigenvalue weighted by atomic mass is 32.2. The van der Waals surface area contributed by atoms with Crippen LogP contribution in [-0.4, -0.2) is 51.4 Å². The average Bonchev–Trinajstić information content (AvgIpc) is 2.49. The van der Waals surface area contributed by atoms with E-state index in [0.717, 1.165) is 44.5 Å². The molecule has 0 bridgehead atoms. The summed E-state index contributed by atoms with van der Waals surface area (Å²) in [5.74, 6) is 0.697. The topological polar surface area (TPSA) is 58.6 Å². The molecule has 1 aliphatic heterocycles. The van der Waals surface area contributed by atoms with Crippen LogP contribution in [0.5, 0.6) is 5.75 Å². The smallest absolute Gasteiger partial charge is 0.215 e. The zero-order valence-electron chi connectivity index (χ0n) is 14.1. The highest BCUT2D eigenvalue weighted by Crippen LogP contribution is 2.13. The number of rotatable bonds is 8. The van der Waals surface area contributed by atoms with Crippen molar-refractivity contribution in [2.45, 2.75) is 39.2 Å². The van der Waals surface area contributed by atoms with Crippen LogP contribution in [0.3, 0.4) is 0 Å². The molecule has 1 fully saturated rings. The third-order valence-corrected chi connectivity index (χ3v) is 5.43. The van der Waals surface area contributed by atoms with Crippen molar-refractivity contribution >= 4 is 10.0 Å². The van der Waals surface area contributed by atoms with Gasteiger partial charge < -0.3 is 9.64 Å². The zero-order valence-corrected chi connectivity index (χ0v) is 14.9. The summed E-state index contributed by atoms with van der Waals surface area (Å²) in [4.78, 5) is 2.33. The molecule has 1 aromatic carbocycles. The van der Waals surface area contributed by atoms with E-state index in [-0.39, 0.29) is 18.4 Å². The molecule has 1 aliphatic rings. The van der Waals surface area contributed by atoms with Gasteiger partial charge in [0, 0.05) is 12.6 Å². The predicted octanol–water partition coefficient (Wildman–Crippen LogP) is 2.17. The molecule has 1 aromatic rings. The molecular formula is C17H28N2O3S. The molecule has 1 heterocycles. The number of nitrogens with one attached hydrogen (secondary N) is 1. The van der Waals surface area contributed by atoms with Gasteiger partial charge in [0.2, 0.25) is 10.0 Å².